The molecule has 0 radical (unpaired) electrons. The highest BCUT2D eigenvalue weighted by atomic mass is 35.5. The predicted octanol–water partition coefficient (Wildman–Crippen LogP) is 4.79. The SMILES string of the molecule is CCn1cc(C(=O)O)c(=O)c2cc(Cl)c(C3SCC(c4ccccc4)N3C)cc21. The second-order valence-corrected chi connectivity index (χ2v) is 8.65. The number of aryl methyl sites for hydroxylation is 1. The van der Waals surface area contributed by atoms with Gasteiger partial charge in [-0.2, -0.15) is 0 Å². The molecular formula is C22H21ClN2O3S. The Morgan fingerprint density at radius 2 is 2.00 bits per heavy atom. The first-order valence-electron chi connectivity index (χ1n) is 9.40. The van der Waals surface area contributed by atoms with Crippen molar-refractivity contribution in [3.8, 4) is 0 Å². The van der Waals surface area contributed by atoms with Gasteiger partial charge in [0.25, 0.3) is 0 Å². The predicted molar refractivity (Wildman–Crippen MR) is 118 cm³/mol. The number of fused-ring (bicyclic) bond motifs is 1. The molecule has 4 rings (SSSR count). The molecule has 2 aromatic carbocycles. The number of carbonyl (C=O) groups is 1. The third-order valence-electron chi connectivity index (χ3n) is 5.49. The van der Waals surface area contributed by atoms with Crippen LogP contribution in [0.15, 0.2) is 53.5 Å². The Balaban J connectivity index is 1.81. The van der Waals surface area contributed by atoms with Crippen LogP contribution >= 0.6 is 23.4 Å². The molecule has 0 aliphatic carbocycles. The third-order valence-corrected chi connectivity index (χ3v) is 7.23. The van der Waals surface area contributed by atoms with Gasteiger partial charge in [-0.3, -0.25) is 9.69 Å². The first-order valence-corrected chi connectivity index (χ1v) is 10.8. The third kappa shape index (κ3) is 3.45. The van der Waals surface area contributed by atoms with Crippen LogP contribution in [-0.2, 0) is 6.54 Å². The summed E-state index contributed by atoms with van der Waals surface area (Å²) in [6.45, 7) is 2.48. The normalized spacial score (nSPS) is 19.7. The number of hydrogen-bond acceptors (Lipinski definition) is 4. The van der Waals surface area contributed by atoms with Crippen LogP contribution in [0.1, 0.15) is 39.8 Å². The summed E-state index contributed by atoms with van der Waals surface area (Å²) >= 11 is 8.42. The van der Waals surface area contributed by atoms with Crippen molar-refractivity contribution in [2.24, 2.45) is 0 Å². The van der Waals surface area contributed by atoms with Gasteiger partial charge in [-0.25, -0.2) is 4.79 Å². The Labute approximate surface area is 177 Å². The van der Waals surface area contributed by atoms with E-state index in [0.717, 1.165) is 11.3 Å². The standard InChI is InChI=1S/C22H21ClN2O3S/c1-3-25-11-16(22(27)28)20(26)15-9-17(23)14(10-18(15)25)21-24(2)19(12-29-21)13-7-5-4-6-8-13/h4-11,19,21H,3,12H2,1-2H3,(H,27,28). The van der Waals surface area contributed by atoms with Gasteiger partial charge in [0.15, 0.2) is 0 Å². The molecule has 29 heavy (non-hydrogen) atoms. The van der Waals surface area contributed by atoms with Crippen molar-refractivity contribution in [3.63, 3.8) is 0 Å². The van der Waals surface area contributed by atoms with Gasteiger partial charge in [0.1, 0.15) is 5.56 Å². The van der Waals surface area contributed by atoms with Crippen LogP contribution in [0.4, 0.5) is 0 Å². The number of rotatable bonds is 4. The van der Waals surface area contributed by atoms with Crippen molar-refractivity contribution < 1.29 is 9.90 Å². The minimum Gasteiger partial charge on any atom is -0.477 e. The topological polar surface area (TPSA) is 62.5 Å². The lowest BCUT2D eigenvalue weighted by atomic mass is 10.0. The maximum atomic E-state index is 12.7. The number of hydrogen-bond donors (Lipinski definition) is 1. The molecule has 1 aromatic heterocycles. The van der Waals surface area contributed by atoms with Gasteiger partial charge in [-0.05, 0) is 31.7 Å². The molecule has 1 aliphatic heterocycles. The Morgan fingerprint density at radius 1 is 1.28 bits per heavy atom. The summed E-state index contributed by atoms with van der Waals surface area (Å²) in [4.78, 5) is 26.4. The van der Waals surface area contributed by atoms with Crippen molar-refractivity contribution in [3.05, 3.63) is 80.6 Å². The maximum absolute atomic E-state index is 12.7. The van der Waals surface area contributed by atoms with Crippen LogP contribution in [0.2, 0.25) is 5.02 Å². The Hall–Kier alpha value is -2.28. The van der Waals surface area contributed by atoms with E-state index in [4.69, 9.17) is 11.6 Å². The van der Waals surface area contributed by atoms with Crippen molar-refractivity contribution in [1.82, 2.24) is 9.47 Å². The molecule has 3 aromatic rings. The highest BCUT2D eigenvalue weighted by Gasteiger charge is 2.34. The fourth-order valence-corrected chi connectivity index (χ4v) is 5.81. The van der Waals surface area contributed by atoms with E-state index < -0.39 is 11.4 Å². The Bertz CT molecular complexity index is 1150. The van der Waals surface area contributed by atoms with Gasteiger partial charge in [-0.1, -0.05) is 41.9 Å². The van der Waals surface area contributed by atoms with Crippen LogP contribution in [0.25, 0.3) is 10.9 Å². The summed E-state index contributed by atoms with van der Waals surface area (Å²) in [5.74, 6) is -0.283. The van der Waals surface area contributed by atoms with Crippen LogP contribution in [0, 0.1) is 0 Å². The number of benzene rings is 2. The van der Waals surface area contributed by atoms with E-state index in [0.29, 0.717) is 22.5 Å². The van der Waals surface area contributed by atoms with E-state index in [9.17, 15) is 14.7 Å². The molecule has 2 unspecified atom stereocenters. The molecule has 1 saturated heterocycles. The first-order chi connectivity index (χ1) is 13.9. The number of aromatic nitrogens is 1. The van der Waals surface area contributed by atoms with Crippen LogP contribution in [0.3, 0.4) is 0 Å². The quantitative estimate of drug-likeness (QED) is 0.647. The second kappa shape index (κ2) is 7.86. The highest BCUT2D eigenvalue weighted by Crippen LogP contribution is 2.48. The van der Waals surface area contributed by atoms with Gasteiger partial charge in [0.05, 0.1) is 10.9 Å². The summed E-state index contributed by atoms with van der Waals surface area (Å²) < 4.78 is 1.80. The number of carboxylic acids is 1. The largest absolute Gasteiger partial charge is 0.477 e. The number of nitrogens with zero attached hydrogens (tertiary/aromatic N) is 2. The van der Waals surface area contributed by atoms with Crippen LogP contribution < -0.4 is 5.43 Å². The molecule has 2 heterocycles. The van der Waals surface area contributed by atoms with Crippen LogP contribution in [0.5, 0.6) is 0 Å². The van der Waals surface area contributed by atoms with Crippen LogP contribution in [-0.4, -0.2) is 33.3 Å². The van der Waals surface area contributed by atoms with Crippen molar-refractivity contribution in [2.75, 3.05) is 12.8 Å². The summed E-state index contributed by atoms with van der Waals surface area (Å²) in [6, 6.07) is 14.2. The van der Waals surface area contributed by atoms with Crippen molar-refractivity contribution in [1.29, 1.82) is 0 Å². The fourth-order valence-electron chi connectivity index (χ4n) is 3.93. The molecule has 1 fully saturated rings. The minimum atomic E-state index is -1.23. The zero-order chi connectivity index (χ0) is 20.7. The Morgan fingerprint density at radius 3 is 2.66 bits per heavy atom. The molecule has 0 saturated carbocycles. The zero-order valence-corrected chi connectivity index (χ0v) is 17.7. The summed E-state index contributed by atoms with van der Waals surface area (Å²) in [6.07, 6.45) is 1.42. The minimum absolute atomic E-state index is 0.0525. The molecule has 1 N–H and O–H groups in total. The Kier molecular flexibility index (Phi) is 5.42. The van der Waals surface area contributed by atoms with Gasteiger partial charge < -0.3 is 9.67 Å². The van der Waals surface area contributed by atoms with E-state index in [-0.39, 0.29) is 17.0 Å². The summed E-state index contributed by atoms with van der Waals surface area (Å²) in [5, 5.41) is 10.2. The van der Waals surface area contributed by atoms with E-state index in [2.05, 4.69) is 24.1 Å². The number of aromatic carboxylic acids is 1. The molecule has 0 amide bonds. The average Bonchev–Trinajstić information content (AvgIpc) is 3.10. The van der Waals surface area contributed by atoms with Gasteiger partial charge in [0.2, 0.25) is 5.43 Å². The number of thioether (sulfide) groups is 1. The summed E-state index contributed by atoms with van der Waals surface area (Å²) in [5.41, 5.74) is 2.17. The fraction of sp³-hybridized carbons (Fsp3) is 0.273. The average molecular weight is 429 g/mol. The molecule has 0 bridgehead atoms. The van der Waals surface area contributed by atoms with Gasteiger partial charge >= 0.3 is 5.97 Å². The van der Waals surface area contributed by atoms with E-state index in [1.54, 1.807) is 10.6 Å². The maximum Gasteiger partial charge on any atom is 0.341 e. The lowest BCUT2D eigenvalue weighted by molar-refractivity contribution is 0.0695. The number of carboxylic acid groups (broad SMARTS) is 1. The van der Waals surface area contributed by atoms with Gasteiger partial charge in [-0.15, -0.1) is 11.8 Å². The summed E-state index contributed by atoms with van der Waals surface area (Å²) in [7, 11) is 2.09. The smallest absolute Gasteiger partial charge is 0.341 e. The highest BCUT2D eigenvalue weighted by molar-refractivity contribution is 7.99. The lowest BCUT2D eigenvalue weighted by Gasteiger charge is -2.26. The second-order valence-electron chi connectivity index (χ2n) is 7.13. The van der Waals surface area contributed by atoms with E-state index in [1.807, 2.05) is 43.0 Å². The zero-order valence-electron chi connectivity index (χ0n) is 16.1. The van der Waals surface area contributed by atoms with E-state index in [1.165, 1.54) is 11.8 Å². The van der Waals surface area contributed by atoms with E-state index >= 15 is 0 Å². The number of halogens is 1. The lowest BCUT2D eigenvalue weighted by Crippen LogP contribution is -2.23. The van der Waals surface area contributed by atoms with Crippen molar-refractivity contribution in [2.45, 2.75) is 24.9 Å². The molecule has 150 valence electrons. The molecule has 0 spiro atoms. The molecule has 1 aliphatic rings. The molecule has 2 atom stereocenters. The molecule has 7 heteroatoms. The monoisotopic (exact) mass is 428 g/mol. The molecule has 5 nitrogen and oxygen atoms in total. The van der Waals surface area contributed by atoms with Crippen molar-refractivity contribution >= 4 is 40.2 Å². The first kappa shape index (κ1) is 20.0. The number of pyridine rings is 1. The molecular weight excluding hydrogens is 408 g/mol. The van der Waals surface area contributed by atoms with Gasteiger partial charge in [0, 0.05) is 40.5 Å².